The van der Waals surface area contributed by atoms with Gasteiger partial charge in [-0.05, 0) is 30.7 Å². The third-order valence-electron chi connectivity index (χ3n) is 1.87. The molecule has 1 unspecified atom stereocenters. The molecule has 15 heavy (non-hydrogen) atoms. The molecule has 0 aromatic heterocycles. The maximum Gasteiger partial charge on any atom is 0.330 e. The zero-order chi connectivity index (χ0) is 11.4. The molecule has 0 fully saturated rings. The Morgan fingerprint density at radius 2 is 2.27 bits per heavy atom. The number of carboxylic acids is 1. The van der Waals surface area contributed by atoms with Crippen LogP contribution in [0.4, 0.5) is 5.69 Å². The summed E-state index contributed by atoms with van der Waals surface area (Å²) < 4.78 is 0.915. The van der Waals surface area contributed by atoms with Crippen molar-refractivity contribution in [1.29, 1.82) is 0 Å². The number of carboxylic acid groups (broad SMARTS) is 1. The fourth-order valence-electron chi connectivity index (χ4n) is 1.22. The van der Waals surface area contributed by atoms with Gasteiger partial charge in [-0.1, -0.05) is 22.0 Å². The first-order valence-corrected chi connectivity index (χ1v) is 5.21. The summed E-state index contributed by atoms with van der Waals surface area (Å²) in [7, 11) is 0. The van der Waals surface area contributed by atoms with Gasteiger partial charge in [0, 0.05) is 10.2 Å². The Morgan fingerprint density at radius 3 is 2.73 bits per heavy atom. The molecular formula is C11H12BrNO2. The third kappa shape index (κ3) is 3.40. The van der Waals surface area contributed by atoms with E-state index in [0.29, 0.717) is 0 Å². The summed E-state index contributed by atoms with van der Waals surface area (Å²) in [4.78, 5) is 10.8. The van der Waals surface area contributed by atoms with Crippen LogP contribution in [0.1, 0.15) is 5.56 Å². The number of carbonyl (C=O) groups is 1. The summed E-state index contributed by atoms with van der Waals surface area (Å²) in [6.07, 6.45) is 1.36. The number of benzene rings is 1. The predicted molar refractivity (Wildman–Crippen MR) is 64.1 cm³/mol. The van der Waals surface area contributed by atoms with E-state index in [1.54, 1.807) is 0 Å². The lowest BCUT2D eigenvalue weighted by Gasteiger charge is -2.12. The highest BCUT2D eigenvalue weighted by Gasteiger charge is 2.12. The van der Waals surface area contributed by atoms with Crippen molar-refractivity contribution < 1.29 is 9.90 Å². The fourth-order valence-corrected chi connectivity index (χ4v) is 1.83. The summed E-state index contributed by atoms with van der Waals surface area (Å²) in [6, 6.07) is 4.89. The van der Waals surface area contributed by atoms with E-state index in [0.717, 1.165) is 15.7 Å². The van der Waals surface area contributed by atoms with Gasteiger partial charge in [0.2, 0.25) is 0 Å². The molecule has 1 atom stereocenters. The Labute approximate surface area is 96.9 Å². The molecule has 0 aliphatic heterocycles. The first-order chi connectivity index (χ1) is 7.02. The monoisotopic (exact) mass is 269 g/mol. The number of hydrogen-bond donors (Lipinski definition) is 2. The number of aryl methyl sites for hydroxylation is 1. The SMILES string of the molecule is C=CC(Nc1cc(C)cc(Br)c1)C(=O)O. The lowest BCUT2D eigenvalue weighted by molar-refractivity contribution is -0.136. The van der Waals surface area contributed by atoms with Crippen LogP contribution in [-0.4, -0.2) is 17.1 Å². The summed E-state index contributed by atoms with van der Waals surface area (Å²) in [5.41, 5.74) is 1.81. The number of anilines is 1. The Morgan fingerprint density at radius 1 is 1.60 bits per heavy atom. The standard InChI is InChI=1S/C11H12BrNO2/c1-3-10(11(14)15)13-9-5-7(2)4-8(12)6-9/h3-6,10,13H,1H2,2H3,(H,14,15). The van der Waals surface area contributed by atoms with Gasteiger partial charge >= 0.3 is 5.97 Å². The van der Waals surface area contributed by atoms with Gasteiger partial charge in [-0.15, -0.1) is 6.58 Å². The second-order valence-electron chi connectivity index (χ2n) is 3.21. The highest BCUT2D eigenvalue weighted by molar-refractivity contribution is 9.10. The van der Waals surface area contributed by atoms with Gasteiger partial charge < -0.3 is 10.4 Å². The summed E-state index contributed by atoms with van der Waals surface area (Å²) in [6.45, 7) is 5.41. The van der Waals surface area contributed by atoms with Crippen molar-refractivity contribution in [2.24, 2.45) is 0 Å². The normalized spacial score (nSPS) is 11.9. The minimum absolute atomic E-state index is 0.758. The van der Waals surface area contributed by atoms with E-state index >= 15 is 0 Å². The minimum Gasteiger partial charge on any atom is -0.479 e. The van der Waals surface area contributed by atoms with Crippen LogP contribution >= 0.6 is 15.9 Å². The van der Waals surface area contributed by atoms with E-state index in [4.69, 9.17) is 5.11 Å². The van der Waals surface area contributed by atoms with Gasteiger partial charge in [0.1, 0.15) is 6.04 Å². The van der Waals surface area contributed by atoms with Crippen LogP contribution in [0.2, 0.25) is 0 Å². The van der Waals surface area contributed by atoms with Crippen LogP contribution in [0.3, 0.4) is 0 Å². The number of nitrogens with one attached hydrogen (secondary N) is 1. The molecule has 0 aliphatic carbocycles. The molecular weight excluding hydrogens is 258 g/mol. The summed E-state index contributed by atoms with van der Waals surface area (Å²) >= 11 is 3.35. The van der Waals surface area contributed by atoms with Crippen LogP contribution in [-0.2, 0) is 4.79 Å². The minimum atomic E-state index is -0.942. The maximum absolute atomic E-state index is 10.8. The molecule has 3 nitrogen and oxygen atoms in total. The van der Waals surface area contributed by atoms with E-state index < -0.39 is 12.0 Å². The Balaban J connectivity index is 2.88. The van der Waals surface area contributed by atoms with Crippen molar-refractivity contribution in [3.63, 3.8) is 0 Å². The quantitative estimate of drug-likeness (QED) is 0.827. The highest BCUT2D eigenvalue weighted by Crippen LogP contribution is 2.19. The van der Waals surface area contributed by atoms with Crippen molar-refractivity contribution in [3.8, 4) is 0 Å². The Kier molecular flexibility index (Phi) is 3.91. The van der Waals surface area contributed by atoms with Crippen LogP contribution in [0.5, 0.6) is 0 Å². The summed E-state index contributed by atoms with van der Waals surface area (Å²) in [5, 5.41) is 11.7. The molecule has 4 heteroatoms. The maximum atomic E-state index is 10.8. The average molecular weight is 270 g/mol. The largest absolute Gasteiger partial charge is 0.479 e. The van der Waals surface area contributed by atoms with Crippen molar-refractivity contribution in [2.45, 2.75) is 13.0 Å². The molecule has 1 aromatic rings. The zero-order valence-electron chi connectivity index (χ0n) is 8.33. The van der Waals surface area contributed by atoms with Gasteiger partial charge in [-0.3, -0.25) is 0 Å². The van der Waals surface area contributed by atoms with Crippen LogP contribution < -0.4 is 5.32 Å². The second kappa shape index (κ2) is 4.98. The van der Waals surface area contributed by atoms with Gasteiger partial charge in [-0.25, -0.2) is 4.79 Å². The first kappa shape index (κ1) is 11.8. The van der Waals surface area contributed by atoms with Gasteiger partial charge in [0.25, 0.3) is 0 Å². The molecule has 2 N–H and O–H groups in total. The van der Waals surface area contributed by atoms with E-state index in [9.17, 15) is 4.79 Å². The lowest BCUT2D eigenvalue weighted by atomic mass is 10.2. The number of halogens is 1. The molecule has 0 saturated heterocycles. The molecule has 80 valence electrons. The number of rotatable bonds is 4. The second-order valence-corrected chi connectivity index (χ2v) is 4.13. The van der Waals surface area contributed by atoms with Gasteiger partial charge in [-0.2, -0.15) is 0 Å². The van der Waals surface area contributed by atoms with Crippen LogP contribution in [0.25, 0.3) is 0 Å². The smallest absolute Gasteiger partial charge is 0.330 e. The van der Waals surface area contributed by atoms with Crippen LogP contribution in [0.15, 0.2) is 35.3 Å². The topological polar surface area (TPSA) is 49.3 Å². The summed E-state index contributed by atoms with van der Waals surface area (Å²) in [5.74, 6) is -0.942. The van der Waals surface area contributed by atoms with Gasteiger partial charge in [0.05, 0.1) is 0 Å². The zero-order valence-corrected chi connectivity index (χ0v) is 9.91. The van der Waals surface area contributed by atoms with Crippen molar-refractivity contribution in [1.82, 2.24) is 0 Å². The van der Waals surface area contributed by atoms with E-state index in [1.165, 1.54) is 6.08 Å². The van der Waals surface area contributed by atoms with E-state index in [2.05, 4.69) is 27.8 Å². The average Bonchev–Trinajstić information content (AvgIpc) is 2.12. The molecule has 0 heterocycles. The fraction of sp³-hybridized carbons (Fsp3) is 0.182. The molecule has 0 spiro atoms. The molecule has 0 saturated carbocycles. The molecule has 0 bridgehead atoms. The Bertz CT molecular complexity index is 370. The molecule has 0 aliphatic rings. The molecule has 1 rings (SSSR count). The Hall–Kier alpha value is -1.29. The predicted octanol–water partition coefficient (Wildman–Crippen LogP) is 2.81. The highest BCUT2D eigenvalue weighted by atomic mass is 79.9. The first-order valence-electron chi connectivity index (χ1n) is 4.42. The molecule has 0 amide bonds. The molecule has 1 aromatic carbocycles. The van der Waals surface area contributed by atoms with Gasteiger partial charge in [0.15, 0.2) is 0 Å². The van der Waals surface area contributed by atoms with Crippen molar-refractivity contribution >= 4 is 27.6 Å². The number of aliphatic carboxylic acids is 1. The van der Waals surface area contributed by atoms with Crippen molar-refractivity contribution in [2.75, 3.05) is 5.32 Å². The third-order valence-corrected chi connectivity index (χ3v) is 2.32. The lowest BCUT2D eigenvalue weighted by Crippen LogP contribution is -2.26. The van der Waals surface area contributed by atoms with Crippen molar-refractivity contribution in [3.05, 3.63) is 40.9 Å². The molecule has 0 radical (unpaired) electrons. The van der Waals surface area contributed by atoms with E-state index in [1.807, 2.05) is 25.1 Å². The number of hydrogen-bond acceptors (Lipinski definition) is 2. The van der Waals surface area contributed by atoms with Crippen LogP contribution in [0, 0.1) is 6.92 Å². The van der Waals surface area contributed by atoms with E-state index in [-0.39, 0.29) is 0 Å².